The molecular formula is C14H21N3S2. The van der Waals surface area contributed by atoms with Crippen molar-refractivity contribution in [3.05, 3.63) is 16.1 Å². The average Bonchev–Trinajstić information content (AvgIpc) is 2.96. The molecule has 0 unspecified atom stereocenters. The summed E-state index contributed by atoms with van der Waals surface area (Å²) in [7, 11) is 0. The Hall–Kier alpha value is -0.940. The number of nitrogens with zero attached hydrogens (tertiary/aromatic N) is 2. The number of anilines is 1. The Morgan fingerprint density at radius 3 is 2.68 bits per heavy atom. The van der Waals surface area contributed by atoms with Crippen LogP contribution in [0.25, 0.3) is 10.6 Å². The summed E-state index contributed by atoms with van der Waals surface area (Å²) in [5.74, 6) is 0.446. The van der Waals surface area contributed by atoms with E-state index in [0.717, 1.165) is 30.2 Å². The van der Waals surface area contributed by atoms with Crippen molar-refractivity contribution >= 4 is 27.8 Å². The molecule has 2 rings (SSSR count). The third-order valence-corrected chi connectivity index (χ3v) is 4.73. The zero-order valence-electron chi connectivity index (χ0n) is 12.0. The van der Waals surface area contributed by atoms with E-state index in [9.17, 15) is 0 Å². The molecule has 0 bridgehead atoms. The Morgan fingerprint density at radius 1 is 1.26 bits per heavy atom. The van der Waals surface area contributed by atoms with Crippen LogP contribution in [-0.2, 0) is 6.42 Å². The third kappa shape index (κ3) is 3.34. The first kappa shape index (κ1) is 14.5. The molecule has 1 N–H and O–H groups in total. The maximum Gasteiger partial charge on any atom is 0.183 e. The smallest absolute Gasteiger partial charge is 0.183 e. The summed E-state index contributed by atoms with van der Waals surface area (Å²) in [5, 5.41) is 7.64. The van der Waals surface area contributed by atoms with E-state index in [1.807, 2.05) is 0 Å². The monoisotopic (exact) mass is 295 g/mol. The molecule has 2 aromatic heterocycles. The molecule has 2 aromatic rings. The van der Waals surface area contributed by atoms with E-state index >= 15 is 0 Å². The van der Waals surface area contributed by atoms with E-state index in [4.69, 9.17) is 4.98 Å². The fraction of sp³-hybridized carbons (Fsp3) is 0.571. The van der Waals surface area contributed by atoms with Crippen LogP contribution in [0.5, 0.6) is 0 Å². The highest BCUT2D eigenvalue weighted by molar-refractivity contribution is 7.16. The summed E-state index contributed by atoms with van der Waals surface area (Å²) < 4.78 is 0. The Labute approximate surface area is 123 Å². The highest BCUT2D eigenvalue weighted by Gasteiger charge is 2.17. The first-order valence-corrected chi connectivity index (χ1v) is 8.54. The first-order chi connectivity index (χ1) is 9.15. The Kier molecular flexibility index (Phi) is 4.93. The summed E-state index contributed by atoms with van der Waals surface area (Å²) in [6, 6.07) is 0. The van der Waals surface area contributed by atoms with Crippen LogP contribution < -0.4 is 5.32 Å². The van der Waals surface area contributed by atoms with Crippen molar-refractivity contribution in [2.75, 3.05) is 11.9 Å². The van der Waals surface area contributed by atoms with Gasteiger partial charge in [-0.2, -0.15) is 0 Å². The van der Waals surface area contributed by atoms with E-state index in [-0.39, 0.29) is 0 Å². The van der Waals surface area contributed by atoms with Gasteiger partial charge >= 0.3 is 0 Å². The van der Waals surface area contributed by atoms with E-state index in [0.29, 0.717) is 5.92 Å². The van der Waals surface area contributed by atoms with E-state index in [2.05, 4.69) is 43.4 Å². The van der Waals surface area contributed by atoms with Crippen molar-refractivity contribution in [1.29, 1.82) is 0 Å². The minimum absolute atomic E-state index is 0.446. The number of aromatic nitrogens is 2. The maximum absolute atomic E-state index is 4.79. The van der Waals surface area contributed by atoms with Crippen LogP contribution >= 0.6 is 22.7 Å². The molecule has 0 aliphatic carbocycles. The van der Waals surface area contributed by atoms with Crippen LogP contribution in [-0.4, -0.2) is 16.5 Å². The van der Waals surface area contributed by atoms with Crippen molar-refractivity contribution in [2.45, 2.75) is 46.5 Å². The van der Waals surface area contributed by atoms with Crippen LogP contribution in [0.3, 0.4) is 0 Å². The number of aryl methyl sites for hydroxylation is 1. The molecule has 0 saturated heterocycles. The van der Waals surface area contributed by atoms with Crippen LogP contribution in [0, 0.1) is 0 Å². The van der Waals surface area contributed by atoms with Gasteiger partial charge in [-0.3, -0.25) is 0 Å². The van der Waals surface area contributed by atoms with Crippen LogP contribution in [0.2, 0.25) is 0 Å². The van der Waals surface area contributed by atoms with E-state index in [1.165, 1.54) is 15.6 Å². The molecule has 0 amide bonds. The second-order valence-corrected chi connectivity index (χ2v) is 6.74. The van der Waals surface area contributed by atoms with Crippen molar-refractivity contribution in [3.8, 4) is 10.6 Å². The molecule has 5 heteroatoms. The summed E-state index contributed by atoms with van der Waals surface area (Å²) in [4.78, 5) is 10.7. The predicted octanol–water partition coefficient (Wildman–Crippen LogP) is 4.77. The zero-order chi connectivity index (χ0) is 13.8. The molecule has 0 spiro atoms. The van der Waals surface area contributed by atoms with Crippen molar-refractivity contribution in [3.63, 3.8) is 0 Å². The SMILES string of the molecule is CCCc1nc(C(C)C)c(-c2csc(NCC)n2)s1. The van der Waals surface area contributed by atoms with Gasteiger partial charge in [0.25, 0.3) is 0 Å². The first-order valence-electron chi connectivity index (χ1n) is 6.85. The van der Waals surface area contributed by atoms with Gasteiger partial charge in [0.15, 0.2) is 5.13 Å². The molecule has 3 nitrogen and oxygen atoms in total. The van der Waals surface area contributed by atoms with Crippen molar-refractivity contribution in [2.24, 2.45) is 0 Å². The molecule has 0 aliphatic rings. The van der Waals surface area contributed by atoms with Gasteiger partial charge < -0.3 is 5.32 Å². The fourth-order valence-electron chi connectivity index (χ4n) is 1.88. The lowest BCUT2D eigenvalue weighted by Crippen LogP contribution is -1.95. The molecule has 2 heterocycles. The van der Waals surface area contributed by atoms with Gasteiger partial charge in [0, 0.05) is 11.9 Å². The number of hydrogen-bond donors (Lipinski definition) is 1. The minimum Gasteiger partial charge on any atom is -0.362 e. The highest BCUT2D eigenvalue weighted by atomic mass is 32.1. The lowest BCUT2D eigenvalue weighted by Gasteiger charge is -2.02. The fourth-order valence-corrected chi connectivity index (χ4v) is 4.01. The van der Waals surface area contributed by atoms with Crippen molar-refractivity contribution < 1.29 is 0 Å². The molecule has 0 saturated carbocycles. The van der Waals surface area contributed by atoms with Gasteiger partial charge in [-0.05, 0) is 25.7 Å². The molecule has 0 atom stereocenters. The average molecular weight is 295 g/mol. The summed E-state index contributed by atoms with van der Waals surface area (Å²) >= 11 is 3.47. The number of nitrogens with one attached hydrogen (secondary N) is 1. The quantitative estimate of drug-likeness (QED) is 0.833. The second-order valence-electron chi connectivity index (χ2n) is 4.79. The summed E-state index contributed by atoms with van der Waals surface area (Å²) in [5.41, 5.74) is 2.27. The van der Waals surface area contributed by atoms with E-state index < -0.39 is 0 Å². The van der Waals surface area contributed by atoms with Gasteiger partial charge in [0.2, 0.25) is 0 Å². The highest BCUT2D eigenvalue weighted by Crippen LogP contribution is 2.36. The molecule has 104 valence electrons. The van der Waals surface area contributed by atoms with Crippen LogP contribution in [0.15, 0.2) is 5.38 Å². The zero-order valence-corrected chi connectivity index (χ0v) is 13.6. The van der Waals surface area contributed by atoms with Gasteiger partial charge in [-0.25, -0.2) is 9.97 Å². The molecule has 0 aliphatic heterocycles. The lowest BCUT2D eigenvalue weighted by molar-refractivity contribution is 0.813. The standard InChI is InChI=1S/C14H21N3S2/c1-5-7-11-17-12(9(3)4)13(19-11)10-8-18-14(16-10)15-6-2/h8-9H,5-7H2,1-4H3,(H,15,16). The normalized spacial score (nSPS) is 11.2. The van der Waals surface area contributed by atoms with Gasteiger partial charge in [-0.1, -0.05) is 20.8 Å². The molecular weight excluding hydrogens is 274 g/mol. The molecule has 0 fully saturated rings. The molecule has 19 heavy (non-hydrogen) atoms. The lowest BCUT2D eigenvalue weighted by atomic mass is 10.1. The maximum atomic E-state index is 4.79. The van der Waals surface area contributed by atoms with E-state index in [1.54, 1.807) is 22.7 Å². The summed E-state index contributed by atoms with van der Waals surface area (Å²) in [6.07, 6.45) is 2.21. The Morgan fingerprint density at radius 2 is 2.05 bits per heavy atom. The number of rotatable bonds is 6. The Balaban J connectivity index is 2.35. The van der Waals surface area contributed by atoms with Crippen LogP contribution in [0.4, 0.5) is 5.13 Å². The topological polar surface area (TPSA) is 37.8 Å². The second kappa shape index (κ2) is 6.48. The number of thiazole rings is 2. The largest absolute Gasteiger partial charge is 0.362 e. The van der Waals surface area contributed by atoms with Crippen LogP contribution in [0.1, 0.15) is 50.7 Å². The van der Waals surface area contributed by atoms with Crippen molar-refractivity contribution in [1.82, 2.24) is 9.97 Å². The number of hydrogen-bond acceptors (Lipinski definition) is 5. The van der Waals surface area contributed by atoms with Gasteiger partial charge in [0.05, 0.1) is 21.3 Å². The third-order valence-electron chi connectivity index (χ3n) is 2.77. The predicted molar refractivity (Wildman–Crippen MR) is 85.5 cm³/mol. The summed E-state index contributed by atoms with van der Waals surface area (Å²) in [6.45, 7) is 9.60. The Bertz CT molecular complexity index is 529. The minimum atomic E-state index is 0.446. The molecule has 0 aromatic carbocycles. The van der Waals surface area contributed by atoms with Gasteiger partial charge in [0.1, 0.15) is 0 Å². The van der Waals surface area contributed by atoms with Gasteiger partial charge in [-0.15, -0.1) is 22.7 Å². The molecule has 0 radical (unpaired) electrons.